The summed E-state index contributed by atoms with van der Waals surface area (Å²) >= 11 is 0. The average Bonchev–Trinajstić information content (AvgIpc) is 3.11. The van der Waals surface area contributed by atoms with Gasteiger partial charge in [0, 0.05) is 19.2 Å². The summed E-state index contributed by atoms with van der Waals surface area (Å²) in [5.41, 5.74) is 0. The Morgan fingerprint density at radius 2 is 2.19 bits per heavy atom. The molecule has 1 aromatic rings. The summed E-state index contributed by atoms with van der Waals surface area (Å²) in [6.45, 7) is 3.58. The molecule has 0 bridgehead atoms. The van der Waals surface area contributed by atoms with E-state index in [-0.39, 0.29) is 10.9 Å². The summed E-state index contributed by atoms with van der Waals surface area (Å²) in [4.78, 5) is 0.183. The normalized spacial score (nSPS) is 25.5. The first-order chi connectivity index (χ1) is 10.1. The second kappa shape index (κ2) is 5.68. The molecule has 1 saturated heterocycles. The number of aryl methyl sites for hydroxylation is 1. The Morgan fingerprint density at radius 1 is 1.43 bits per heavy atom. The zero-order valence-corrected chi connectivity index (χ0v) is 12.9. The van der Waals surface area contributed by atoms with Gasteiger partial charge >= 0.3 is 0 Å². The Labute approximate surface area is 124 Å². The fraction of sp³-hybridized carbons (Fsp3) is 0.769. The van der Waals surface area contributed by atoms with Crippen molar-refractivity contribution in [2.45, 2.75) is 55.9 Å². The maximum absolute atomic E-state index is 12.5. The van der Waals surface area contributed by atoms with Gasteiger partial charge in [0.2, 0.25) is 10.0 Å². The van der Waals surface area contributed by atoms with Crippen LogP contribution in [0.25, 0.3) is 0 Å². The summed E-state index contributed by atoms with van der Waals surface area (Å²) in [5, 5.41) is 4.02. The Kier molecular flexibility index (Phi) is 4.04. The first kappa shape index (κ1) is 15.0. The highest BCUT2D eigenvalue weighted by atomic mass is 32.2. The van der Waals surface area contributed by atoms with Gasteiger partial charge in [0.1, 0.15) is 4.90 Å². The number of hydrogen-bond acceptors (Lipinski definition) is 5. The Balaban J connectivity index is 1.80. The first-order valence-corrected chi connectivity index (χ1v) is 8.87. The van der Waals surface area contributed by atoms with E-state index in [2.05, 4.69) is 9.82 Å². The molecule has 118 valence electrons. The van der Waals surface area contributed by atoms with Crippen molar-refractivity contribution in [2.24, 2.45) is 0 Å². The third-order valence-corrected chi connectivity index (χ3v) is 5.54. The number of ether oxygens (including phenoxy) is 2. The monoisotopic (exact) mass is 315 g/mol. The fourth-order valence-corrected chi connectivity index (χ4v) is 4.24. The zero-order chi connectivity index (χ0) is 14.9. The lowest BCUT2D eigenvalue weighted by molar-refractivity contribution is -0.191. The molecule has 3 rings (SSSR count). The van der Waals surface area contributed by atoms with Crippen LogP contribution in [0.3, 0.4) is 0 Å². The molecular weight excluding hydrogens is 294 g/mol. The van der Waals surface area contributed by atoms with Gasteiger partial charge in [0.05, 0.1) is 25.5 Å². The number of hydrogen-bond donors (Lipinski definition) is 1. The van der Waals surface area contributed by atoms with Gasteiger partial charge in [-0.1, -0.05) is 6.42 Å². The van der Waals surface area contributed by atoms with Gasteiger partial charge in [0.25, 0.3) is 0 Å². The minimum atomic E-state index is -3.61. The number of aromatic nitrogens is 2. The van der Waals surface area contributed by atoms with E-state index in [1.807, 2.05) is 6.92 Å². The van der Waals surface area contributed by atoms with Crippen molar-refractivity contribution in [1.29, 1.82) is 0 Å². The molecule has 8 heteroatoms. The van der Waals surface area contributed by atoms with Gasteiger partial charge in [-0.25, -0.2) is 13.1 Å². The molecule has 1 aromatic heterocycles. The molecule has 1 aliphatic heterocycles. The molecule has 0 aromatic carbocycles. The molecule has 2 heterocycles. The van der Waals surface area contributed by atoms with Crippen molar-refractivity contribution in [3.63, 3.8) is 0 Å². The number of nitrogens with zero attached hydrogens (tertiary/aromatic N) is 2. The topological polar surface area (TPSA) is 82.5 Å². The summed E-state index contributed by atoms with van der Waals surface area (Å²) in [6.07, 6.45) is 6.32. The quantitative estimate of drug-likeness (QED) is 0.891. The van der Waals surface area contributed by atoms with E-state index in [0.29, 0.717) is 19.8 Å². The lowest BCUT2D eigenvalue weighted by Crippen LogP contribution is -2.55. The predicted octanol–water partition coefficient (Wildman–Crippen LogP) is 0.867. The van der Waals surface area contributed by atoms with E-state index in [4.69, 9.17) is 9.47 Å². The molecule has 1 atom stereocenters. The molecule has 0 radical (unpaired) electrons. The summed E-state index contributed by atoms with van der Waals surface area (Å²) in [5.74, 6) is -0.786. The van der Waals surface area contributed by atoms with Crippen molar-refractivity contribution < 1.29 is 17.9 Å². The van der Waals surface area contributed by atoms with Crippen LogP contribution < -0.4 is 4.72 Å². The smallest absolute Gasteiger partial charge is 0.244 e. The second-order valence-corrected chi connectivity index (χ2v) is 7.17. The predicted molar refractivity (Wildman–Crippen MR) is 75.1 cm³/mol. The Bertz CT molecular complexity index is 592. The third-order valence-electron chi connectivity index (χ3n) is 4.12. The SMILES string of the molecule is CCn1cc(S(=O)(=O)N[C@@H]2CCCCC23OCCO3)cn1. The highest BCUT2D eigenvalue weighted by Crippen LogP contribution is 2.36. The molecule has 1 N–H and O–H groups in total. The molecule has 21 heavy (non-hydrogen) atoms. The van der Waals surface area contributed by atoms with Gasteiger partial charge in [-0.05, 0) is 19.8 Å². The van der Waals surface area contributed by atoms with E-state index >= 15 is 0 Å². The van der Waals surface area contributed by atoms with Crippen LogP contribution in [0.4, 0.5) is 0 Å². The fourth-order valence-electron chi connectivity index (χ4n) is 2.99. The number of sulfonamides is 1. The van der Waals surface area contributed by atoms with Gasteiger partial charge < -0.3 is 9.47 Å². The largest absolute Gasteiger partial charge is 0.346 e. The molecular formula is C13H21N3O4S. The molecule has 2 fully saturated rings. The van der Waals surface area contributed by atoms with E-state index < -0.39 is 15.8 Å². The molecule has 1 spiro atoms. The van der Waals surface area contributed by atoms with E-state index in [0.717, 1.165) is 25.7 Å². The summed E-state index contributed by atoms with van der Waals surface area (Å²) in [6, 6.07) is -0.344. The van der Waals surface area contributed by atoms with Crippen molar-refractivity contribution >= 4 is 10.0 Å². The van der Waals surface area contributed by atoms with Crippen LogP contribution in [0.15, 0.2) is 17.3 Å². The molecule has 1 aliphatic carbocycles. The standard InChI is InChI=1S/C13H21N3O4S/c1-2-16-10-11(9-14-16)21(17,18)15-12-5-3-4-6-13(12)19-7-8-20-13/h9-10,12,15H,2-8H2,1H3/t12-/m1/s1. The van der Waals surface area contributed by atoms with Crippen LogP contribution in [0, 0.1) is 0 Å². The molecule has 7 nitrogen and oxygen atoms in total. The highest BCUT2D eigenvalue weighted by Gasteiger charge is 2.47. The van der Waals surface area contributed by atoms with Crippen LogP contribution in [-0.2, 0) is 26.0 Å². The maximum atomic E-state index is 12.5. The van der Waals surface area contributed by atoms with Crippen molar-refractivity contribution in [1.82, 2.24) is 14.5 Å². The molecule has 1 saturated carbocycles. The van der Waals surface area contributed by atoms with Crippen LogP contribution in [0.1, 0.15) is 32.6 Å². The first-order valence-electron chi connectivity index (χ1n) is 7.38. The lowest BCUT2D eigenvalue weighted by Gasteiger charge is -2.39. The zero-order valence-electron chi connectivity index (χ0n) is 12.1. The van der Waals surface area contributed by atoms with E-state index in [1.54, 1.807) is 4.68 Å². The summed E-state index contributed by atoms with van der Waals surface area (Å²) in [7, 11) is -3.61. The van der Waals surface area contributed by atoms with Gasteiger partial charge in [-0.15, -0.1) is 0 Å². The van der Waals surface area contributed by atoms with Crippen LogP contribution in [0.5, 0.6) is 0 Å². The lowest BCUT2D eigenvalue weighted by atomic mass is 9.90. The molecule has 0 amide bonds. The molecule has 2 aliphatic rings. The Hall–Kier alpha value is -0.960. The maximum Gasteiger partial charge on any atom is 0.244 e. The van der Waals surface area contributed by atoms with Gasteiger partial charge in [-0.3, -0.25) is 4.68 Å². The van der Waals surface area contributed by atoms with E-state index in [1.165, 1.54) is 12.4 Å². The average molecular weight is 315 g/mol. The number of nitrogens with one attached hydrogen (secondary N) is 1. The van der Waals surface area contributed by atoms with E-state index in [9.17, 15) is 8.42 Å². The summed E-state index contributed by atoms with van der Waals surface area (Å²) < 4.78 is 40.8. The minimum absolute atomic E-state index is 0.183. The second-order valence-electron chi connectivity index (χ2n) is 5.46. The minimum Gasteiger partial charge on any atom is -0.346 e. The van der Waals surface area contributed by atoms with Crippen molar-refractivity contribution in [3.05, 3.63) is 12.4 Å². The highest BCUT2D eigenvalue weighted by molar-refractivity contribution is 7.89. The van der Waals surface area contributed by atoms with Crippen LogP contribution in [-0.4, -0.2) is 43.2 Å². The molecule has 0 unspecified atom stereocenters. The number of rotatable bonds is 4. The van der Waals surface area contributed by atoms with Crippen LogP contribution in [0.2, 0.25) is 0 Å². The Morgan fingerprint density at radius 3 is 2.86 bits per heavy atom. The van der Waals surface area contributed by atoms with Gasteiger partial charge in [0.15, 0.2) is 5.79 Å². The van der Waals surface area contributed by atoms with Crippen LogP contribution >= 0.6 is 0 Å². The van der Waals surface area contributed by atoms with Crippen molar-refractivity contribution in [3.8, 4) is 0 Å². The van der Waals surface area contributed by atoms with Gasteiger partial charge in [-0.2, -0.15) is 5.10 Å². The van der Waals surface area contributed by atoms with Crippen molar-refractivity contribution in [2.75, 3.05) is 13.2 Å². The third kappa shape index (κ3) is 2.85.